The highest BCUT2D eigenvalue weighted by molar-refractivity contribution is 6.26. The van der Waals surface area contributed by atoms with Gasteiger partial charge in [0.2, 0.25) is 0 Å². The van der Waals surface area contributed by atoms with Crippen LogP contribution in [0.3, 0.4) is 0 Å². The van der Waals surface area contributed by atoms with Gasteiger partial charge >= 0.3 is 0 Å². The standard InChI is InChI=1S/C108H68N4/c1-3-23-69(24-4-1)71-45-47-72(48-46-71)80-60-81(63-84(62-80)111-103-43-19-14-38-93(103)98-66-77(51-57-107(98)111)75-49-55-105-96(64-75)91-36-12-17-41-101(91)109(105)82-30-22-28-74(61-82)70-25-5-2-6-26-70)73-27-21-29-79(59-73)85-31-11-16-40-100(85)112-104-44-20-15-39-94(104)99-67-78(52-58-108(99)112)76-50-56-106-97(65-76)92-37-13-18-42-102(92)110(106)83-53-54-90-88-34-8-7-32-86(88)87-33-9-10-35-89(87)95(90)68-83/h1-68H. The van der Waals surface area contributed by atoms with Crippen LogP contribution in [0.15, 0.2) is 413 Å². The summed E-state index contributed by atoms with van der Waals surface area (Å²) in [6.45, 7) is 0. The molecule has 520 valence electrons. The number of nitrogens with zero attached hydrogens (tertiary/aromatic N) is 4. The van der Waals surface area contributed by atoms with E-state index in [-0.39, 0.29) is 0 Å². The minimum absolute atomic E-state index is 1.09. The number of hydrogen-bond acceptors (Lipinski definition) is 0. The van der Waals surface area contributed by atoms with Gasteiger partial charge in [0.1, 0.15) is 0 Å². The molecular formula is C108H68N4. The Bertz CT molecular complexity index is 7760. The van der Waals surface area contributed by atoms with Crippen LogP contribution in [0.1, 0.15) is 0 Å². The molecule has 4 heteroatoms. The molecule has 0 unspecified atom stereocenters. The third-order valence-electron chi connectivity index (χ3n) is 23.7. The third kappa shape index (κ3) is 10.1. The minimum atomic E-state index is 1.09. The topological polar surface area (TPSA) is 19.7 Å². The van der Waals surface area contributed by atoms with E-state index >= 15 is 0 Å². The summed E-state index contributed by atoms with van der Waals surface area (Å²) in [5, 5.41) is 17.4. The van der Waals surface area contributed by atoms with E-state index in [0.717, 1.165) is 78.2 Å². The van der Waals surface area contributed by atoms with Gasteiger partial charge in [-0.3, -0.25) is 0 Å². The molecule has 0 atom stereocenters. The maximum absolute atomic E-state index is 2.49. The molecule has 0 fully saturated rings. The maximum Gasteiger partial charge on any atom is 0.0541 e. The van der Waals surface area contributed by atoms with Gasteiger partial charge in [-0.2, -0.15) is 0 Å². The van der Waals surface area contributed by atoms with E-state index in [2.05, 4.69) is 431 Å². The Kier molecular flexibility index (Phi) is 14.3. The number of aromatic nitrogens is 4. The van der Waals surface area contributed by atoms with E-state index in [1.54, 1.807) is 0 Å². The van der Waals surface area contributed by atoms with E-state index in [0.29, 0.717) is 0 Å². The smallest absolute Gasteiger partial charge is 0.0541 e. The fourth-order valence-electron chi connectivity index (χ4n) is 18.5. The lowest BCUT2D eigenvalue weighted by molar-refractivity contribution is 1.18. The van der Waals surface area contributed by atoms with Gasteiger partial charge in [0.05, 0.1) is 49.8 Å². The molecular weight excluding hydrogens is 1350 g/mol. The van der Waals surface area contributed by atoms with Crippen molar-refractivity contribution in [1.29, 1.82) is 0 Å². The highest BCUT2D eigenvalue weighted by Crippen LogP contribution is 2.46. The fraction of sp³-hybridized carbons (Fsp3) is 0. The lowest BCUT2D eigenvalue weighted by Crippen LogP contribution is -1.98. The Morgan fingerprint density at radius 3 is 0.902 bits per heavy atom. The summed E-state index contributed by atoms with van der Waals surface area (Å²) >= 11 is 0. The number of hydrogen-bond donors (Lipinski definition) is 0. The molecule has 4 nitrogen and oxygen atoms in total. The Morgan fingerprint density at radius 2 is 0.402 bits per heavy atom. The van der Waals surface area contributed by atoms with Crippen LogP contribution in [-0.4, -0.2) is 18.3 Å². The predicted molar refractivity (Wildman–Crippen MR) is 474 cm³/mol. The first kappa shape index (κ1) is 63.3. The van der Waals surface area contributed by atoms with Crippen LogP contribution >= 0.6 is 0 Å². The monoisotopic (exact) mass is 1420 g/mol. The molecule has 0 saturated carbocycles. The molecule has 23 rings (SSSR count). The summed E-state index contributed by atoms with van der Waals surface area (Å²) in [5.74, 6) is 0. The molecule has 0 amide bonds. The van der Waals surface area contributed by atoms with Gasteiger partial charge < -0.3 is 18.3 Å². The van der Waals surface area contributed by atoms with E-state index in [4.69, 9.17) is 0 Å². The van der Waals surface area contributed by atoms with Crippen LogP contribution in [-0.2, 0) is 0 Å². The highest BCUT2D eigenvalue weighted by atomic mass is 15.0. The van der Waals surface area contributed by atoms with E-state index < -0.39 is 0 Å². The van der Waals surface area contributed by atoms with Gasteiger partial charge in [0, 0.05) is 65.7 Å². The number of benzene rings is 19. The first-order valence-electron chi connectivity index (χ1n) is 38.7. The molecule has 0 N–H and O–H groups in total. The second-order valence-corrected chi connectivity index (χ2v) is 29.9. The van der Waals surface area contributed by atoms with Crippen molar-refractivity contribution in [3.63, 3.8) is 0 Å². The second-order valence-electron chi connectivity index (χ2n) is 29.9. The van der Waals surface area contributed by atoms with Gasteiger partial charge in [-0.25, -0.2) is 0 Å². The van der Waals surface area contributed by atoms with Crippen LogP contribution in [0.25, 0.3) is 220 Å². The Labute approximate surface area is 646 Å². The summed E-state index contributed by atoms with van der Waals surface area (Å²) < 4.78 is 9.85. The predicted octanol–water partition coefficient (Wildman–Crippen LogP) is 29.2. The summed E-state index contributed by atoms with van der Waals surface area (Å²) in [4.78, 5) is 0. The molecule has 19 aromatic carbocycles. The largest absolute Gasteiger partial charge is 0.309 e. The Morgan fingerprint density at radius 1 is 0.116 bits per heavy atom. The average Bonchev–Trinajstić information content (AvgIpc) is 1.51. The Balaban J connectivity index is 0.626. The zero-order valence-corrected chi connectivity index (χ0v) is 61.0. The van der Waals surface area contributed by atoms with Gasteiger partial charge in [0.15, 0.2) is 0 Å². The molecule has 0 bridgehead atoms. The van der Waals surface area contributed by atoms with Crippen molar-refractivity contribution in [1.82, 2.24) is 18.3 Å². The molecule has 0 aliphatic heterocycles. The van der Waals surface area contributed by atoms with Crippen molar-refractivity contribution in [3.05, 3.63) is 413 Å². The van der Waals surface area contributed by atoms with E-state index in [1.165, 1.54) is 142 Å². The van der Waals surface area contributed by atoms with Crippen LogP contribution in [0.2, 0.25) is 0 Å². The number of para-hydroxylation sites is 5. The fourth-order valence-corrected chi connectivity index (χ4v) is 18.5. The van der Waals surface area contributed by atoms with Crippen molar-refractivity contribution in [2.24, 2.45) is 0 Å². The number of rotatable bonds is 11. The Hall–Kier alpha value is -14.8. The number of fused-ring (bicyclic) bond motifs is 18. The molecule has 4 aromatic heterocycles. The molecule has 23 aromatic rings. The van der Waals surface area contributed by atoms with E-state index in [1.807, 2.05) is 0 Å². The summed E-state index contributed by atoms with van der Waals surface area (Å²) in [6, 6.07) is 153. The highest BCUT2D eigenvalue weighted by Gasteiger charge is 2.23. The lowest BCUT2D eigenvalue weighted by atomic mass is 9.94. The molecule has 0 saturated heterocycles. The SMILES string of the molecule is c1ccc(-c2ccc(-c3cc(-c4cccc(-c5ccccc5-n5c6ccccc6c6cc(-c7ccc8c(c7)c7ccccc7n8-c7ccc8c9ccccc9c9ccccc9c8c7)ccc65)c4)cc(-n4c5ccccc5c5cc(-c6ccc7c(c6)c6ccccc6n7-c6cccc(-c7ccccc7)c6)ccc54)c3)cc2)cc1. The zero-order chi connectivity index (χ0) is 73.5. The van der Waals surface area contributed by atoms with Crippen LogP contribution in [0, 0.1) is 0 Å². The first-order chi connectivity index (χ1) is 55.5. The minimum Gasteiger partial charge on any atom is -0.309 e. The normalized spacial score (nSPS) is 11.9. The zero-order valence-electron chi connectivity index (χ0n) is 61.0. The van der Waals surface area contributed by atoms with Crippen molar-refractivity contribution in [2.75, 3.05) is 0 Å². The molecule has 4 heterocycles. The van der Waals surface area contributed by atoms with E-state index in [9.17, 15) is 0 Å². The van der Waals surface area contributed by atoms with Crippen molar-refractivity contribution >= 4 is 120 Å². The van der Waals surface area contributed by atoms with Gasteiger partial charge in [-0.1, -0.05) is 285 Å². The maximum atomic E-state index is 2.49. The summed E-state index contributed by atoms with van der Waals surface area (Å²) in [5.41, 5.74) is 30.2. The second kappa shape index (κ2) is 25.4. The molecule has 0 aliphatic rings. The molecule has 0 spiro atoms. The van der Waals surface area contributed by atoms with Crippen molar-refractivity contribution < 1.29 is 0 Å². The van der Waals surface area contributed by atoms with Crippen LogP contribution in [0.4, 0.5) is 0 Å². The van der Waals surface area contributed by atoms with Crippen LogP contribution < -0.4 is 0 Å². The van der Waals surface area contributed by atoms with Gasteiger partial charge in [0.25, 0.3) is 0 Å². The summed E-state index contributed by atoms with van der Waals surface area (Å²) in [6.07, 6.45) is 0. The lowest BCUT2D eigenvalue weighted by Gasteiger charge is -2.17. The van der Waals surface area contributed by atoms with Crippen molar-refractivity contribution in [2.45, 2.75) is 0 Å². The first-order valence-corrected chi connectivity index (χ1v) is 38.7. The van der Waals surface area contributed by atoms with Gasteiger partial charge in [-0.05, 0) is 232 Å². The average molecular weight is 1420 g/mol. The third-order valence-corrected chi connectivity index (χ3v) is 23.7. The molecule has 0 aliphatic carbocycles. The quantitative estimate of drug-likeness (QED) is 0.115. The summed E-state index contributed by atoms with van der Waals surface area (Å²) in [7, 11) is 0. The van der Waals surface area contributed by atoms with Gasteiger partial charge in [-0.15, -0.1) is 0 Å². The molecule has 112 heavy (non-hydrogen) atoms. The molecule has 0 radical (unpaired) electrons. The van der Waals surface area contributed by atoms with Crippen molar-refractivity contribution in [3.8, 4) is 101 Å². The van der Waals surface area contributed by atoms with Crippen LogP contribution in [0.5, 0.6) is 0 Å².